The molecule has 1 N–H and O–H groups in total. The third kappa shape index (κ3) is 3.22. The quantitative estimate of drug-likeness (QED) is 0.789. The molecular weight excluding hydrogens is 398 g/mol. The van der Waals surface area contributed by atoms with E-state index in [0.717, 1.165) is 0 Å². The number of carbonyl (C=O) groups is 2. The van der Waals surface area contributed by atoms with Crippen molar-refractivity contribution in [2.24, 2.45) is 0 Å². The number of hydrogen-bond acceptors (Lipinski definition) is 4. The van der Waals surface area contributed by atoms with Gasteiger partial charge in [-0.25, -0.2) is 4.98 Å². The van der Waals surface area contributed by atoms with E-state index in [1.165, 1.54) is 4.90 Å². The predicted octanol–water partition coefficient (Wildman–Crippen LogP) is 3.25. The van der Waals surface area contributed by atoms with Crippen molar-refractivity contribution in [2.75, 3.05) is 16.8 Å². The lowest BCUT2D eigenvalue weighted by Crippen LogP contribution is -2.50. The van der Waals surface area contributed by atoms with E-state index in [1.54, 1.807) is 43.3 Å². The lowest BCUT2D eigenvalue weighted by molar-refractivity contribution is -0.125. The van der Waals surface area contributed by atoms with Crippen LogP contribution >= 0.6 is 27.5 Å². The molecule has 24 heavy (non-hydrogen) atoms. The van der Waals surface area contributed by atoms with Gasteiger partial charge in [-0.1, -0.05) is 23.7 Å². The normalized spacial score (nSPS) is 14.6. The first-order valence-electron chi connectivity index (χ1n) is 7.14. The molecule has 0 saturated heterocycles. The largest absolute Gasteiger partial charge is 0.480 e. The van der Waals surface area contributed by atoms with Crippen LogP contribution in [0.25, 0.3) is 0 Å². The van der Waals surface area contributed by atoms with Gasteiger partial charge in [0.2, 0.25) is 5.91 Å². The number of benzene rings is 1. The van der Waals surface area contributed by atoms with Gasteiger partial charge >= 0.3 is 0 Å². The summed E-state index contributed by atoms with van der Waals surface area (Å²) in [6.07, 6.45) is 0. The molecule has 2 aromatic rings. The molecule has 1 aliphatic rings. The zero-order chi connectivity index (χ0) is 17.3. The van der Waals surface area contributed by atoms with Gasteiger partial charge in [0.25, 0.3) is 5.91 Å². The number of nitrogens with one attached hydrogen (secondary N) is 1. The number of ether oxygens (including phenoxy) is 1. The molecule has 1 aromatic carbocycles. The van der Waals surface area contributed by atoms with E-state index in [0.29, 0.717) is 26.9 Å². The van der Waals surface area contributed by atoms with Crippen LogP contribution in [0.4, 0.5) is 11.5 Å². The highest BCUT2D eigenvalue weighted by atomic mass is 79.9. The van der Waals surface area contributed by atoms with Gasteiger partial charge in [0.05, 0.1) is 10.7 Å². The molecule has 6 nitrogen and oxygen atoms in total. The lowest BCUT2D eigenvalue weighted by Gasteiger charge is -2.32. The number of rotatable bonds is 3. The molecule has 2 amide bonds. The summed E-state index contributed by atoms with van der Waals surface area (Å²) in [6.45, 7) is 1.49. The number of amides is 2. The smallest absolute Gasteiger partial charge is 0.266 e. The van der Waals surface area contributed by atoms with E-state index in [2.05, 4.69) is 26.2 Å². The lowest BCUT2D eigenvalue weighted by atomic mass is 10.2. The molecule has 124 valence electrons. The van der Waals surface area contributed by atoms with Gasteiger partial charge in [0, 0.05) is 0 Å². The average Bonchev–Trinajstić information content (AvgIpc) is 2.56. The maximum Gasteiger partial charge on any atom is 0.266 e. The van der Waals surface area contributed by atoms with E-state index in [9.17, 15) is 9.59 Å². The summed E-state index contributed by atoms with van der Waals surface area (Å²) in [4.78, 5) is 30.4. The molecule has 1 aromatic heterocycles. The van der Waals surface area contributed by atoms with Gasteiger partial charge in [-0.3, -0.25) is 14.5 Å². The van der Waals surface area contributed by atoms with Crippen LogP contribution in [-0.4, -0.2) is 29.4 Å². The van der Waals surface area contributed by atoms with Crippen LogP contribution in [-0.2, 0) is 9.59 Å². The minimum atomic E-state index is -0.779. The second-order valence-electron chi connectivity index (χ2n) is 5.15. The Morgan fingerprint density at radius 2 is 2.12 bits per heavy atom. The average molecular weight is 411 g/mol. The Hall–Kier alpha value is -2.12. The molecule has 0 saturated carbocycles. The third-order valence-electron chi connectivity index (χ3n) is 3.55. The second-order valence-corrected chi connectivity index (χ2v) is 6.37. The Labute approximate surface area is 151 Å². The van der Waals surface area contributed by atoms with Gasteiger partial charge in [-0.15, -0.1) is 0 Å². The molecule has 1 aliphatic heterocycles. The van der Waals surface area contributed by atoms with Gasteiger partial charge in [-0.05, 0) is 47.1 Å². The van der Waals surface area contributed by atoms with Crippen LogP contribution < -0.4 is 15.0 Å². The fourth-order valence-corrected chi connectivity index (χ4v) is 2.82. The molecule has 1 atom stereocenters. The summed E-state index contributed by atoms with van der Waals surface area (Å²) in [5.74, 6) is 0.0543. The minimum Gasteiger partial charge on any atom is -0.480 e. The molecule has 2 heterocycles. The Kier molecular flexibility index (Phi) is 4.73. The summed E-state index contributed by atoms with van der Waals surface area (Å²) < 4.78 is 5.91. The number of anilines is 2. The van der Waals surface area contributed by atoms with E-state index in [-0.39, 0.29) is 18.4 Å². The maximum absolute atomic E-state index is 12.6. The maximum atomic E-state index is 12.6. The van der Waals surface area contributed by atoms with E-state index in [1.807, 2.05) is 0 Å². The molecule has 0 spiro atoms. The van der Waals surface area contributed by atoms with Gasteiger partial charge in [0.15, 0.2) is 18.2 Å². The van der Waals surface area contributed by atoms with Crippen molar-refractivity contribution in [2.45, 2.75) is 13.0 Å². The SMILES string of the molecule is CC(C(=O)Nc1ccccc1Cl)N1C(=O)COc2ccc(Br)nc21. The molecule has 0 fully saturated rings. The highest BCUT2D eigenvalue weighted by Crippen LogP contribution is 2.33. The zero-order valence-electron chi connectivity index (χ0n) is 12.6. The van der Waals surface area contributed by atoms with Crippen molar-refractivity contribution < 1.29 is 14.3 Å². The van der Waals surface area contributed by atoms with E-state index >= 15 is 0 Å². The van der Waals surface area contributed by atoms with Crippen molar-refractivity contribution in [3.8, 4) is 5.75 Å². The van der Waals surface area contributed by atoms with E-state index < -0.39 is 6.04 Å². The van der Waals surface area contributed by atoms with Crippen molar-refractivity contribution in [1.82, 2.24) is 4.98 Å². The van der Waals surface area contributed by atoms with Crippen molar-refractivity contribution in [3.05, 3.63) is 46.0 Å². The fraction of sp³-hybridized carbons (Fsp3) is 0.188. The number of pyridine rings is 1. The molecule has 1 unspecified atom stereocenters. The number of hydrogen-bond donors (Lipinski definition) is 1. The van der Waals surface area contributed by atoms with Crippen LogP contribution in [0, 0.1) is 0 Å². The molecular formula is C16H13BrClN3O3. The first-order chi connectivity index (χ1) is 11.5. The number of para-hydroxylation sites is 1. The highest BCUT2D eigenvalue weighted by molar-refractivity contribution is 9.10. The van der Waals surface area contributed by atoms with Crippen LogP contribution in [0.3, 0.4) is 0 Å². The second kappa shape index (κ2) is 6.78. The van der Waals surface area contributed by atoms with Gasteiger partial charge in [-0.2, -0.15) is 0 Å². The Morgan fingerprint density at radius 1 is 1.38 bits per heavy atom. The summed E-state index contributed by atoms with van der Waals surface area (Å²) >= 11 is 9.32. The highest BCUT2D eigenvalue weighted by Gasteiger charge is 2.34. The Bertz CT molecular complexity index is 815. The van der Waals surface area contributed by atoms with Crippen LogP contribution in [0.15, 0.2) is 41.0 Å². The number of aromatic nitrogens is 1. The summed E-state index contributed by atoms with van der Waals surface area (Å²) in [7, 11) is 0. The van der Waals surface area contributed by atoms with Crippen LogP contribution in [0.1, 0.15) is 6.92 Å². The first kappa shape index (κ1) is 16.7. The van der Waals surface area contributed by atoms with Crippen molar-refractivity contribution >= 4 is 50.9 Å². The monoisotopic (exact) mass is 409 g/mol. The summed E-state index contributed by atoms with van der Waals surface area (Å²) in [5.41, 5.74) is 0.485. The fourth-order valence-electron chi connectivity index (χ4n) is 2.34. The van der Waals surface area contributed by atoms with Crippen molar-refractivity contribution in [1.29, 1.82) is 0 Å². The Morgan fingerprint density at radius 3 is 2.88 bits per heavy atom. The minimum absolute atomic E-state index is 0.139. The first-order valence-corrected chi connectivity index (χ1v) is 8.31. The van der Waals surface area contributed by atoms with Crippen LogP contribution in [0.2, 0.25) is 5.02 Å². The van der Waals surface area contributed by atoms with E-state index in [4.69, 9.17) is 16.3 Å². The number of fused-ring (bicyclic) bond motifs is 1. The number of halogens is 2. The standard InChI is InChI=1S/C16H13BrClN3O3/c1-9(16(23)19-11-5-3-2-4-10(11)18)21-14(22)8-24-12-6-7-13(17)20-15(12)21/h2-7,9H,8H2,1H3,(H,19,23). The number of nitrogens with zero attached hydrogens (tertiary/aromatic N) is 2. The van der Waals surface area contributed by atoms with Gasteiger partial charge < -0.3 is 10.1 Å². The van der Waals surface area contributed by atoms with Gasteiger partial charge in [0.1, 0.15) is 10.6 Å². The predicted molar refractivity (Wildman–Crippen MR) is 94.5 cm³/mol. The molecule has 0 radical (unpaired) electrons. The number of carbonyl (C=O) groups excluding carboxylic acids is 2. The summed E-state index contributed by atoms with van der Waals surface area (Å²) in [5, 5.41) is 3.15. The third-order valence-corrected chi connectivity index (χ3v) is 4.32. The summed E-state index contributed by atoms with van der Waals surface area (Å²) in [6, 6.07) is 9.53. The van der Waals surface area contributed by atoms with Crippen LogP contribution in [0.5, 0.6) is 5.75 Å². The Balaban J connectivity index is 1.88. The molecule has 3 rings (SSSR count). The topological polar surface area (TPSA) is 71.5 Å². The molecule has 8 heteroatoms. The molecule has 0 aliphatic carbocycles. The van der Waals surface area contributed by atoms with Crippen molar-refractivity contribution in [3.63, 3.8) is 0 Å². The molecule has 0 bridgehead atoms. The zero-order valence-corrected chi connectivity index (χ0v) is 15.0.